The SMILES string of the molecule is O=C(O)Cc1ccc2ccoc2c1N1CCCC1. The van der Waals surface area contributed by atoms with Gasteiger partial charge in [0.15, 0.2) is 5.58 Å². The first kappa shape index (κ1) is 11.1. The maximum Gasteiger partial charge on any atom is 0.307 e. The smallest absolute Gasteiger partial charge is 0.307 e. The summed E-state index contributed by atoms with van der Waals surface area (Å²) in [6.45, 7) is 1.96. The van der Waals surface area contributed by atoms with Gasteiger partial charge in [-0.05, 0) is 24.5 Å². The van der Waals surface area contributed by atoms with Gasteiger partial charge in [0.2, 0.25) is 0 Å². The van der Waals surface area contributed by atoms with Crippen LogP contribution in [0, 0.1) is 0 Å². The Morgan fingerprint density at radius 2 is 2.06 bits per heavy atom. The molecule has 3 rings (SSSR count). The van der Waals surface area contributed by atoms with E-state index in [1.54, 1.807) is 6.26 Å². The molecule has 4 nitrogen and oxygen atoms in total. The second-order valence-electron chi connectivity index (χ2n) is 4.68. The van der Waals surface area contributed by atoms with Crippen LogP contribution >= 0.6 is 0 Å². The molecule has 0 radical (unpaired) electrons. The summed E-state index contributed by atoms with van der Waals surface area (Å²) in [5, 5.41) is 10.0. The molecule has 1 aliphatic heterocycles. The number of rotatable bonds is 3. The number of furan rings is 1. The average Bonchev–Trinajstić information content (AvgIpc) is 2.97. The van der Waals surface area contributed by atoms with E-state index >= 15 is 0 Å². The number of hydrogen-bond acceptors (Lipinski definition) is 3. The van der Waals surface area contributed by atoms with E-state index in [-0.39, 0.29) is 6.42 Å². The van der Waals surface area contributed by atoms with Gasteiger partial charge in [0.25, 0.3) is 0 Å². The van der Waals surface area contributed by atoms with Gasteiger partial charge in [-0.2, -0.15) is 0 Å². The van der Waals surface area contributed by atoms with Crippen LogP contribution in [0.3, 0.4) is 0 Å². The highest BCUT2D eigenvalue weighted by molar-refractivity contribution is 5.93. The number of aliphatic carboxylic acids is 1. The Hall–Kier alpha value is -1.97. The van der Waals surface area contributed by atoms with Crippen molar-refractivity contribution in [3.63, 3.8) is 0 Å². The van der Waals surface area contributed by atoms with Crippen molar-refractivity contribution >= 4 is 22.6 Å². The zero-order valence-electron chi connectivity index (χ0n) is 10.1. The van der Waals surface area contributed by atoms with Crippen LogP contribution < -0.4 is 4.90 Å². The van der Waals surface area contributed by atoms with E-state index in [1.165, 1.54) is 0 Å². The highest BCUT2D eigenvalue weighted by atomic mass is 16.4. The predicted molar refractivity (Wildman–Crippen MR) is 69.0 cm³/mol. The van der Waals surface area contributed by atoms with Crippen molar-refractivity contribution < 1.29 is 14.3 Å². The van der Waals surface area contributed by atoms with Crippen LogP contribution in [0.4, 0.5) is 5.69 Å². The van der Waals surface area contributed by atoms with Crippen LogP contribution in [0.15, 0.2) is 28.9 Å². The summed E-state index contributed by atoms with van der Waals surface area (Å²) in [6.07, 6.45) is 4.02. The molecule has 1 fully saturated rings. The van der Waals surface area contributed by atoms with Crippen molar-refractivity contribution in [3.05, 3.63) is 30.0 Å². The molecule has 94 valence electrons. The van der Waals surface area contributed by atoms with Gasteiger partial charge < -0.3 is 14.4 Å². The van der Waals surface area contributed by atoms with E-state index in [1.807, 2.05) is 18.2 Å². The highest BCUT2D eigenvalue weighted by Crippen LogP contribution is 2.34. The van der Waals surface area contributed by atoms with Crippen LogP contribution in [0.2, 0.25) is 0 Å². The van der Waals surface area contributed by atoms with Crippen molar-refractivity contribution in [2.24, 2.45) is 0 Å². The van der Waals surface area contributed by atoms with E-state index in [2.05, 4.69) is 4.90 Å². The second-order valence-corrected chi connectivity index (χ2v) is 4.68. The zero-order valence-corrected chi connectivity index (χ0v) is 10.1. The molecule has 2 aromatic rings. The lowest BCUT2D eigenvalue weighted by Crippen LogP contribution is -2.20. The standard InChI is InChI=1S/C14H15NO3/c16-12(17)9-11-4-3-10-5-8-18-14(10)13(11)15-6-1-2-7-15/h3-5,8H,1-2,6-7,9H2,(H,16,17). The third-order valence-corrected chi connectivity index (χ3v) is 3.44. The maximum absolute atomic E-state index is 11.0. The lowest BCUT2D eigenvalue weighted by molar-refractivity contribution is -0.136. The molecule has 1 N–H and O–H groups in total. The number of carbonyl (C=O) groups is 1. The van der Waals surface area contributed by atoms with Crippen LogP contribution in [-0.4, -0.2) is 24.2 Å². The maximum atomic E-state index is 11.0. The molecule has 0 amide bonds. The minimum atomic E-state index is -0.804. The van der Waals surface area contributed by atoms with Gasteiger partial charge in [0.05, 0.1) is 18.4 Å². The Labute approximate surface area is 105 Å². The molecule has 1 aromatic heterocycles. The quantitative estimate of drug-likeness (QED) is 0.903. The van der Waals surface area contributed by atoms with E-state index in [0.717, 1.165) is 48.2 Å². The molecule has 0 spiro atoms. The third-order valence-electron chi connectivity index (χ3n) is 3.44. The Bertz CT molecular complexity index is 582. The number of nitrogens with zero attached hydrogens (tertiary/aromatic N) is 1. The Balaban J connectivity index is 2.14. The van der Waals surface area contributed by atoms with Gasteiger partial charge in [-0.1, -0.05) is 12.1 Å². The topological polar surface area (TPSA) is 53.7 Å². The first-order valence-corrected chi connectivity index (χ1v) is 6.21. The summed E-state index contributed by atoms with van der Waals surface area (Å²) in [5.41, 5.74) is 2.62. The molecular formula is C14H15NO3. The molecule has 1 saturated heterocycles. The van der Waals surface area contributed by atoms with Crippen molar-refractivity contribution in [1.29, 1.82) is 0 Å². The fourth-order valence-corrected chi connectivity index (χ4v) is 2.65. The molecule has 1 aliphatic rings. The van der Waals surface area contributed by atoms with Crippen LogP contribution in [0.25, 0.3) is 11.0 Å². The zero-order chi connectivity index (χ0) is 12.5. The third kappa shape index (κ3) is 1.83. The molecule has 0 aliphatic carbocycles. The fourth-order valence-electron chi connectivity index (χ4n) is 2.65. The number of carboxylic acid groups (broad SMARTS) is 1. The number of benzene rings is 1. The Morgan fingerprint density at radius 3 is 2.78 bits per heavy atom. The highest BCUT2D eigenvalue weighted by Gasteiger charge is 2.21. The summed E-state index contributed by atoms with van der Waals surface area (Å²) >= 11 is 0. The normalized spacial score (nSPS) is 15.4. The van der Waals surface area contributed by atoms with Gasteiger partial charge in [0.1, 0.15) is 0 Å². The second kappa shape index (κ2) is 4.37. The van der Waals surface area contributed by atoms with Crippen LogP contribution in [-0.2, 0) is 11.2 Å². The summed E-state index contributed by atoms with van der Waals surface area (Å²) in [4.78, 5) is 13.2. The minimum absolute atomic E-state index is 0.0441. The molecule has 1 aromatic carbocycles. The monoisotopic (exact) mass is 245 g/mol. The van der Waals surface area contributed by atoms with E-state index < -0.39 is 5.97 Å². The van der Waals surface area contributed by atoms with E-state index in [0.29, 0.717) is 0 Å². The molecule has 0 unspecified atom stereocenters. The van der Waals surface area contributed by atoms with Gasteiger partial charge in [-0.25, -0.2) is 0 Å². The lowest BCUT2D eigenvalue weighted by Gasteiger charge is -2.21. The van der Waals surface area contributed by atoms with Crippen LogP contribution in [0.1, 0.15) is 18.4 Å². The molecule has 2 heterocycles. The number of fused-ring (bicyclic) bond motifs is 1. The van der Waals surface area contributed by atoms with Crippen LogP contribution in [0.5, 0.6) is 0 Å². The van der Waals surface area contributed by atoms with Gasteiger partial charge >= 0.3 is 5.97 Å². The van der Waals surface area contributed by atoms with Crippen molar-refractivity contribution in [1.82, 2.24) is 0 Å². The summed E-state index contributed by atoms with van der Waals surface area (Å²) in [6, 6.07) is 5.75. The number of anilines is 1. The number of hydrogen-bond donors (Lipinski definition) is 1. The lowest BCUT2D eigenvalue weighted by atomic mass is 10.1. The van der Waals surface area contributed by atoms with Crippen molar-refractivity contribution in [2.45, 2.75) is 19.3 Å². The van der Waals surface area contributed by atoms with Gasteiger partial charge in [-0.3, -0.25) is 4.79 Å². The Morgan fingerprint density at radius 1 is 1.28 bits per heavy atom. The summed E-state index contributed by atoms with van der Waals surface area (Å²) < 4.78 is 5.55. The van der Waals surface area contributed by atoms with Crippen molar-refractivity contribution in [2.75, 3.05) is 18.0 Å². The average molecular weight is 245 g/mol. The molecule has 0 atom stereocenters. The first-order valence-electron chi connectivity index (χ1n) is 6.21. The molecule has 0 saturated carbocycles. The van der Waals surface area contributed by atoms with E-state index in [9.17, 15) is 4.79 Å². The molecule has 18 heavy (non-hydrogen) atoms. The minimum Gasteiger partial charge on any atom is -0.481 e. The van der Waals surface area contributed by atoms with Gasteiger partial charge in [-0.15, -0.1) is 0 Å². The Kier molecular flexibility index (Phi) is 2.70. The molecule has 4 heteroatoms. The fraction of sp³-hybridized carbons (Fsp3) is 0.357. The predicted octanol–water partition coefficient (Wildman–Crippen LogP) is 2.66. The largest absolute Gasteiger partial charge is 0.481 e. The summed E-state index contributed by atoms with van der Waals surface area (Å²) in [7, 11) is 0. The van der Waals surface area contributed by atoms with Gasteiger partial charge in [0, 0.05) is 18.5 Å². The first-order chi connectivity index (χ1) is 8.75. The number of carboxylic acids is 1. The molecule has 0 bridgehead atoms. The molecular weight excluding hydrogens is 230 g/mol. The van der Waals surface area contributed by atoms with E-state index in [4.69, 9.17) is 9.52 Å². The summed E-state index contributed by atoms with van der Waals surface area (Å²) in [5.74, 6) is -0.804. The van der Waals surface area contributed by atoms with Crippen molar-refractivity contribution in [3.8, 4) is 0 Å².